The van der Waals surface area contributed by atoms with Gasteiger partial charge >= 0.3 is 0 Å². The van der Waals surface area contributed by atoms with Gasteiger partial charge in [0.2, 0.25) is 5.91 Å². The van der Waals surface area contributed by atoms with E-state index in [0.717, 1.165) is 30.5 Å². The van der Waals surface area contributed by atoms with Gasteiger partial charge in [-0.2, -0.15) is 0 Å². The fraction of sp³-hybridized carbons (Fsp3) is 0.636. The lowest BCUT2D eigenvalue weighted by Gasteiger charge is -2.64. The zero-order chi connectivity index (χ0) is 20.1. The number of nitrogens with one attached hydrogen (secondary N) is 2. The quantitative estimate of drug-likeness (QED) is 0.614. The van der Waals surface area contributed by atoms with Crippen molar-refractivity contribution in [3.8, 4) is 0 Å². The summed E-state index contributed by atoms with van der Waals surface area (Å²) in [6.07, 6.45) is 2.31. The molecule has 28 heavy (non-hydrogen) atoms. The van der Waals surface area contributed by atoms with Crippen molar-refractivity contribution in [3.05, 3.63) is 34.9 Å². The first-order chi connectivity index (χ1) is 13.4. The lowest BCUT2D eigenvalue weighted by Crippen LogP contribution is -2.72. The molecule has 1 aromatic carbocycles. The molecule has 4 atom stereocenters. The number of benzene rings is 1. The van der Waals surface area contributed by atoms with Crippen LogP contribution in [0, 0.1) is 11.3 Å². The first-order valence-electron chi connectivity index (χ1n) is 10.3. The lowest BCUT2D eigenvalue weighted by molar-refractivity contribution is -0.143. The fourth-order valence-electron chi connectivity index (χ4n) is 5.87. The van der Waals surface area contributed by atoms with Gasteiger partial charge in [-0.25, -0.2) is 0 Å². The molecule has 2 fully saturated rings. The Balaban J connectivity index is 1.81. The number of ketones is 1. The molecule has 1 saturated carbocycles. The molecule has 6 nitrogen and oxygen atoms in total. The summed E-state index contributed by atoms with van der Waals surface area (Å²) < 4.78 is 0. The topological polar surface area (TPSA) is 98.7 Å². The van der Waals surface area contributed by atoms with Gasteiger partial charge in [0.1, 0.15) is 0 Å². The molecule has 0 spiro atoms. The fourth-order valence-corrected chi connectivity index (χ4v) is 5.87. The van der Waals surface area contributed by atoms with Gasteiger partial charge in [0.05, 0.1) is 19.3 Å². The normalized spacial score (nSPS) is 34.0. The van der Waals surface area contributed by atoms with E-state index in [4.69, 9.17) is 0 Å². The van der Waals surface area contributed by atoms with Crippen molar-refractivity contribution in [3.63, 3.8) is 0 Å². The number of amides is 1. The van der Waals surface area contributed by atoms with Crippen LogP contribution in [0.4, 0.5) is 0 Å². The Morgan fingerprint density at radius 2 is 2.14 bits per heavy atom. The number of Topliss-reactive ketones (excluding diaryl/α,β-unsaturated/α-hetero) is 1. The molecule has 0 aromatic heterocycles. The maximum Gasteiger partial charge on any atom is 0.223 e. The average molecular weight is 386 g/mol. The number of aliphatic hydroxyl groups excluding tert-OH is 2. The minimum atomic E-state index is -0.555. The molecule has 3 aliphatic rings. The highest BCUT2D eigenvalue weighted by molar-refractivity contribution is 5.91. The second-order valence-electron chi connectivity index (χ2n) is 9.07. The molecule has 4 rings (SSSR count). The molecule has 0 radical (unpaired) electrons. The van der Waals surface area contributed by atoms with Crippen molar-refractivity contribution in [2.75, 3.05) is 13.2 Å². The molecule has 1 saturated heterocycles. The molecular weight excluding hydrogens is 356 g/mol. The van der Waals surface area contributed by atoms with Crippen LogP contribution >= 0.6 is 0 Å². The van der Waals surface area contributed by atoms with Crippen LogP contribution in [0.3, 0.4) is 0 Å². The van der Waals surface area contributed by atoms with Gasteiger partial charge in [0.25, 0.3) is 0 Å². The van der Waals surface area contributed by atoms with Crippen molar-refractivity contribution in [2.24, 2.45) is 11.3 Å². The number of rotatable bonds is 4. The van der Waals surface area contributed by atoms with Gasteiger partial charge in [-0.15, -0.1) is 0 Å². The Bertz CT molecular complexity index is 808. The van der Waals surface area contributed by atoms with Crippen LogP contribution in [0.1, 0.15) is 49.8 Å². The van der Waals surface area contributed by atoms with Gasteiger partial charge in [-0.3, -0.25) is 9.59 Å². The number of carbonyl (C=O) groups is 2. The van der Waals surface area contributed by atoms with E-state index in [-0.39, 0.29) is 36.9 Å². The predicted molar refractivity (Wildman–Crippen MR) is 105 cm³/mol. The SMILES string of the molecule is CC(C)C(=O)N[C@H]1C[C@@]2(CO)[C@H]3Cc4ccc(CO)cc4[C@@]2(CCN3)CC1=O. The average Bonchev–Trinajstić information content (AvgIpc) is 2.68. The van der Waals surface area contributed by atoms with Gasteiger partial charge in [0.15, 0.2) is 5.78 Å². The first kappa shape index (κ1) is 19.6. The Hall–Kier alpha value is -1.76. The van der Waals surface area contributed by atoms with E-state index in [1.54, 1.807) is 0 Å². The van der Waals surface area contributed by atoms with E-state index in [1.165, 1.54) is 5.56 Å². The predicted octanol–water partition coefficient (Wildman–Crippen LogP) is 0.817. The maximum absolute atomic E-state index is 13.2. The van der Waals surface area contributed by atoms with Crippen LogP contribution in [0.2, 0.25) is 0 Å². The largest absolute Gasteiger partial charge is 0.396 e. The standard InChI is InChI=1S/C22H30N2O4/c1-13(2)20(28)24-17-9-22(12-26)19-8-15-4-3-14(11-25)7-16(15)21(22,5-6-23-19)10-18(17)27/h3-4,7,13,17,19,23,25-26H,5-6,8-12H2,1-2H3,(H,24,28)/t17-,19+,21+,22+/m0/s1. The van der Waals surface area contributed by atoms with Gasteiger partial charge in [-0.1, -0.05) is 32.0 Å². The van der Waals surface area contributed by atoms with Crippen molar-refractivity contribution >= 4 is 11.7 Å². The highest BCUT2D eigenvalue weighted by Gasteiger charge is 2.65. The lowest BCUT2D eigenvalue weighted by atomic mass is 9.43. The van der Waals surface area contributed by atoms with Gasteiger partial charge in [0, 0.05) is 29.2 Å². The van der Waals surface area contributed by atoms with Crippen molar-refractivity contribution < 1.29 is 19.8 Å². The Morgan fingerprint density at radius 1 is 1.36 bits per heavy atom. The highest BCUT2D eigenvalue weighted by Crippen LogP contribution is 2.60. The van der Waals surface area contributed by atoms with Crippen LogP contribution in [-0.4, -0.2) is 47.1 Å². The third-order valence-electron chi connectivity index (χ3n) is 7.42. The zero-order valence-electron chi connectivity index (χ0n) is 16.6. The number of carbonyl (C=O) groups excluding carboxylic acids is 2. The van der Waals surface area contributed by atoms with Crippen LogP contribution in [0.5, 0.6) is 0 Å². The van der Waals surface area contributed by atoms with Crippen LogP contribution in [0.25, 0.3) is 0 Å². The molecule has 2 aliphatic carbocycles. The summed E-state index contributed by atoms with van der Waals surface area (Å²) in [7, 11) is 0. The third-order valence-corrected chi connectivity index (χ3v) is 7.42. The summed E-state index contributed by atoms with van der Waals surface area (Å²) in [6, 6.07) is 5.53. The number of hydrogen-bond donors (Lipinski definition) is 4. The second-order valence-corrected chi connectivity index (χ2v) is 9.07. The zero-order valence-corrected chi connectivity index (χ0v) is 16.6. The maximum atomic E-state index is 13.2. The van der Waals surface area contributed by atoms with Crippen LogP contribution in [-0.2, 0) is 28.0 Å². The van der Waals surface area contributed by atoms with E-state index in [2.05, 4.69) is 16.7 Å². The Morgan fingerprint density at radius 3 is 2.82 bits per heavy atom. The summed E-state index contributed by atoms with van der Waals surface area (Å²) in [5.41, 5.74) is 2.17. The molecule has 1 heterocycles. The highest BCUT2D eigenvalue weighted by atomic mass is 16.3. The van der Waals surface area contributed by atoms with E-state index in [0.29, 0.717) is 12.8 Å². The molecular formula is C22H30N2O4. The minimum Gasteiger partial charge on any atom is -0.396 e. The minimum absolute atomic E-state index is 0.0329. The van der Waals surface area contributed by atoms with Crippen LogP contribution in [0.15, 0.2) is 18.2 Å². The monoisotopic (exact) mass is 386 g/mol. The summed E-state index contributed by atoms with van der Waals surface area (Å²) in [5.74, 6) is -0.272. The summed E-state index contributed by atoms with van der Waals surface area (Å²) in [4.78, 5) is 25.4. The summed E-state index contributed by atoms with van der Waals surface area (Å²) >= 11 is 0. The first-order valence-corrected chi connectivity index (χ1v) is 10.3. The van der Waals surface area contributed by atoms with E-state index in [1.807, 2.05) is 26.0 Å². The number of fused-ring (bicyclic) bond motifs is 1. The van der Waals surface area contributed by atoms with E-state index < -0.39 is 16.9 Å². The van der Waals surface area contributed by atoms with E-state index >= 15 is 0 Å². The summed E-state index contributed by atoms with van der Waals surface area (Å²) in [6.45, 7) is 4.35. The van der Waals surface area contributed by atoms with Crippen LogP contribution < -0.4 is 10.6 Å². The third kappa shape index (κ3) is 2.65. The van der Waals surface area contributed by atoms with Gasteiger partial charge in [-0.05, 0) is 42.5 Å². The number of hydrogen-bond acceptors (Lipinski definition) is 5. The molecule has 1 aliphatic heterocycles. The number of piperidine rings is 1. The molecule has 152 valence electrons. The molecule has 0 unspecified atom stereocenters. The molecule has 2 bridgehead atoms. The Labute approximate surface area is 165 Å². The van der Waals surface area contributed by atoms with E-state index in [9.17, 15) is 19.8 Å². The molecule has 4 N–H and O–H groups in total. The van der Waals surface area contributed by atoms with Crippen molar-refractivity contribution in [1.82, 2.24) is 10.6 Å². The molecule has 1 amide bonds. The number of aliphatic hydroxyl groups is 2. The summed E-state index contributed by atoms with van der Waals surface area (Å²) in [5, 5.41) is 26.8. The van der Waals surface area contributed by atoms with Gasteiger partial charge < -0.3 is 20.8 Å². The van der Waals surface area contributed by atoms with Crippen molar-refractivity contribution in [1.29, 1.82) is 0 Å². The smallest absolute Gasteiger partial charge is 0.223 e. The van der Waals surface area contributed by atoms with Crippen molar-refractivity contribution in [2.45, 2.75) is 63.6 Å². The second kappa shape index (κ2) is 6.94. The molecule has 6 heteroatoms. The molecule has 1 aromatic rings. The Kier molecular flexibility index (Phi) is 4.84.